The fourth-order valence-electron chi connectivity index (χ4n) is 4.93. The highest BCUT2D eigenvalue weighted by Crippen LogP contribution is 2.38. The number of hydrogen-bond acceptors (Lipinski definition) is 5. The van der Waals surface area contributed by atoms with E-state index >= 15 is 0 Å². The van der Waals surface area contributed by atoms with Gasteiger partial charge in [-0.2, -0.15) is 0 Å². The predicted octanol–water partition coefficient (Wildman–Crippen LogP) is 3.87. The topological polar surface area (TPSA) is 111 Å². The predicted molar refractivity (Wildman–Crippen MR) is 127 cm³/mol. The fourth-order valence-corrected chi connectivity index (χ4v) is 6.04. The molecule has 0 aliphatic heterocycles. The van der Waals surface area contributed by atoms with Crippen LogP contribution < -0.4 is 16.8 Å². The maximum atomic E-state index is 13.0. The van der Waals surface area contributed by atoms with Crippen LogP contribution in [0.25, 0.3) is 10.2 Å². The second-order valence-corrected chi connectivity index (χ2v) is 10.3. The molecule has 1 aromatic carbocycles. The number of thiazole rings is 1. The van der Waals surface area contributed by atoms with Crippen LogP contribution in [-0.2, 0) is 16.0 Å². The van der Waals surface area contributed by atoms with Gasteiger partial charge < -0.3 is 16.8 Å². The van der Waals surface area contributed by atoms with Crippen molar-refractivity contribution in [2.45, 2.75) is 77.2 Å². The molecule has 2 aromatic rings. The highest BCUT2D eigenvalue weighted by Gasteiger charge is 2.48. The third-order valence-corrected chi connectivity index (χ3v) is 7.80. The van der Waals surface area contributed by atoms with Gasteiger partial charge in [-0.25, -0.2) is 4.98 Å². The zero-order valence-corrected chi connectivity index (χ0v) is 19.8. The first kappa shape index (κ1) is 23.7. The molecule has 1 heterocycles. The molecule has 1 fully saturated rings. The van der Waals surface area contributed by atoms with Crippen molar-refractivity contribution in [2.24, 2.45) is 23.3 Å². The quantitative estimate of drug-likeness (QED) is 0.545. The van der Waals surface area contributed by atoms with Crippen LogP contribution in [-0.4, -0.2) is 28.9 Å². The van der Waals surface area contributed by atoms with Crippen molar-refractivity contribution in [1.82, 2.24) is 10.3 Å². The van der Waals surface area contributed by atoms with E-state index in [0.717, 1.165) is 40.9 Å². The number of benzene rings is 1. The number of nitrogens with one attached hydrogen (secondary N) is 1. The molecule has 1 aliphatic carbocycles. The Kier molecular flexibility index (Phi) is 7.70. The third-order valence-electron chi connectivity index (χ3n) is 6.78. The van der Waals surface area contributed by atoms with Crippen LogP contribution in [0.1, 0.15) is 75.8 Å². The first-order chi connectivity index (χ1) is 14.8. The maximum absolute atomic E-state index is 13.0. The number of nitrogens with zero attached hydrogens (tertiary/aromatic N) is 1. The molecular weight excluding hydrogens is 408 g/mol. The van der Waals surface area contributed by atoms with Crippen LogP contribution >= 0.6 is 11.3 Å². The largest absolute Gasteiger partial charge is 0.368 e. The van der Waals surface area contributed by atoms with Crippen molar-refractivity contribution in [1.29, 1.82) is 0 Å². The summed E-state index contributed by atoms with van der Waals surface area (Å²) in [4.78, 5) is 30.3. The smallest absolute Gasteiger partial charge is 0.243 e. The van der Waals surface area contributed by atoms with E-state index in [1.807, 2.05) is 6.07 Å². The van der Waals surface area contributed by atoms with E-state index in [0.29, 0.717) is 12.5 Å². The van der Waals surface area contributed by atoms with Crippen LogP contribution in [0.4, 0.5) is 0 Å². The van der Waals surface area contributed by atoms with Gasteiger partial charge in [0.05, 0.1) is 15.2 Å². The molecule has 0 bridgehead atoms. The van der Waals surface area contributed by atoms with Crippen molar-refractivity contribution < 1.29 is 9.59 Å². The lowest BCUT2D eigenvalue weighted by atomic mass is 9.68. The molecule has 7 heteroatoms. The Morgan fingerprint density at radius 1 is 1.26 bits per heavy atom. The van der Waals surface area contributed by atoms with E-state index in [4.69, 9.17) is 16.5 Å². The summed E-state index contributed by atoms with van der Waals surface area (Å²) in [6, 6.07) is 6.30. The summed E-state index contributed by atoms with van der Waals surface area (Å²) in [5.74, 6) is -0.213. The SMILES string of the molecule is CCC(=O)NC(Cc1nc2ccc(C(C)C)cc2s1)(C(N)=O)[C@@H](CN)C1CCCCC1. The van der Waals surface area contributed by atoms with Crippen molar-refractivity contribution in [3.63, 3.8) is 0 Å². The van der Waals surface area contributed by atoms with E-state index in [1.54, 1.807) is 18.3 Å². The Hall–Kier alpha value is -1.99. The maximum Gasteiger partial charge on any atom is 0.243 e. The van der Waals surface area contributed by atoms with Gasteiger partial charge in [-0.15, -0.1) is 11.3 Å². The number of nitrogens with two attached hydrogens (primary N) is 2. The van der Waals surface area contributed by atoms with Crippen LogP contribution in [0.3, 0.4) is 0 Å². The number of primary amides is 1. The molecule has 1 saturated carbocycles. The zero-order chi connectivity index (χ0) is 22.6. The van der Waals surface area contributed by atoms with Gasteiger partial charge in [-0.1, -0.05) is 58.9 Å². The number of carbonyl (C=O) groups is 2. The summed E-state index contributed by atoms with van der Waals surface area (Å²) in [6.07, 6.45) is 6.03. The molecule has 5 N–H and O–H groups in total. The van der Waals surface area contributed by atoms with Crippen molar-refractivity contribution >= 4 is 33.4 Å². The highest BCUT2D eigenvalue weighted by molar-refractivity contribution is 7.18. The van der Waals surface area contributed by atoms with Crippen molar-refractivity contribution in [3.05, 3.63) is 28.8 Å². The number of rotatable bonds is 9. The number of carbonyl (C=O) groups excluding carboxylic acids is 2. The fraction of sp³-hybridized carbons (Fsp3) is 0.625. The monoisotopic (exact) mass is 444 g/mol. The van der Waals surface area contributed by atoms with E-state index in [9.17, 15) is 9.59 Å². The molecular formula is C24H36N4O2S. The summed E-state index contributed by atoms with van der Waals surface area (Å²) < 4.78 is 1.09. The summed E-state index contributed by atoms with van der Waals surface area (Å²) in [6.45, 7) is 6.42. The molecule has 0 spiro atoms. The lowest BCUT2D eigenvalue weighted by Crippen LogP contribution is -2.66. The van der Waals surface area contributed by atoms with E-state index < -0.39 is 11.4 Å². The Morgan fingerprint density at radius 3 is 2.55 bits per heavy atom. The van der Waals surface area contributed by atoms with Gasteiger partial charge in [0.1, 0.15) is 5.54 Å². The molecule has 1 aromatic heterocycles. The molecule has 170 valence electrons. The average molecular weight is 445 g/mol. The Bertz CT molecular complexity index is 919. The van der Waals surface area contributed by atoms with Crippen LogP contribution in [0.2, 0.25) is 0 Å². The molecule has 1 aliphatic rings. The third kappa shape index (κ3) is 5.09. The Balaban J connectivity index is 2.03. The molecule has 2 atom stereocenters. The summed E-state index contributed by atoms with van der Waals surface area (Å²) in [7, 11) is 0. The number of hydrogen-bond donors (Lipinski definition) is 3. The minimum absolute atomic E-state index is 0.184. The highest BCUT2D eigenvalue weighted by atomic mass is 32.1. The number of aromatic nitrogens is 1. The summed E-state index contributed by atoms with van der Waals surface area (Å²) >= 11 is 1.57. The average Bonchev–Trinajstić information content (AvgIpc) is 3.15. The van der Waals surface area contributed by atoms with Gasteiger partial charge in [0.15, 0.2) is 0 Å². The Labute approximate surface area is 189 Å². The second kappa shape index (κ2) is 10.1. The van der Waals surface area contributed by atoms with E-state index in [2.05, 4.69) is 31.3 Å². The standard InChI is InChI=1S/C24H36N4O2S/c1-4-21(29)28-24(23(26)30,18(14-25)16-8-6-5-7-9-16)13-22-27-19-11-10-17(15(2)3)12-20(19)31-22/h10-12,15-16,18H,4-9,13-14,25H2,1-3H3,(H2,26,30)(H,28,29)/t18-,24?/m0/s1. The van der Waals surface area contributed by atoms with Gasteiger partial charge >= 0.3 is 0 Å². The first-order valence-corrected chi connectivity index (χ1v) is 12.3. The van der Waals surface area contributed by atoms with Crippen LogP contribution in [0.5, 0.6) is 0 Å². The molecule has 0 radical (unpaired) electrons. The van der Waals surface area contributed by atoms with Gasteiger partial charge in [0, 0.05) is 18.8 Å². The summed E-state index contributed by atoms with van der Waals surface area (Å²) in [5.41, 5.74) is 13.2. The van der Waals surface area contributed by atoms with E-state index in [-0.39, 0.29) is 30.6 Å². The van der Waals surface area contributed by atoms with Gasteiger partial charge in [0.2, 0.25) is 11.8 Å². The molecule has 1 unspecified atom stereocenters. The van der Waals surface area contributed by atoms with Gasteiger partial charge in [0.25, 0.3) is 0 Å². The van der Waals surface area contributed by atoms with Crippen LogP contribution in [0.15, 0.2) is 18.2 Å². The first-order valence-electron chi connectivity index (χ1n) is 11.5. The van der Waals surface area contributed by atoms with E-state index in [1.165, 1.54) is 12.0 Å². The number of fused-ring (bicyclic) bond motifs is 1. The lowest BCUT2D eigenvalue weighted by Gasteiger charge is -2.43. The molecule has 31 heavy (non-hydrogen) atoms. The molecule has 3 rings (SSSR count). The Morgan fingerprint density at radius 2 is 1.97 bits per heavy atom. The zero-order valence-electron chi connectivity index (χ0n) is 18.9. The normalized spacial score (nSPS) is 18.1. The van der Waals surface area contributed by atoms with Crippen LogP contribution in [0, 0.1) is 11.8 Å². The summed E-state index contributed by atoms with van der Waals surface area (Å²) in [5, 5.41) is 3.83. The van der Waals surface area contributed by atoms with Gasteiger partial charge in [-0.3, -0.25) is 9.59 Å². The minimum atomic E-state index is -1.22. The molecule has 0 saturated heterocycles. The second-order valence-electron chi connectivity index (χ2n) is 9.14. The van der Waals surface area contributed by atoms with Crippen molar-refractivity contribution in [3.8, 4) is 0 Å². The van der Waals surface area contributed by atoms with Gasteiger partial charge in [-0.05, 0) is 36.1 Å². The number of amides is 2. The van der Waals surface area contributed by atoms with Crippen molar-refractivity contribution in [2.75, 3.05) is 6.54 Å². The molecule has 6 nitrogen and oxygen atoms in total. The molecule has 2 amide bonds. The minimum Gasteiger partial charge on any atom is -0.368 e. The lowest BCUT2D eigenvalue weighted by molar-refractivity contribution is -0.135.